The number of benzene rings is 1. The summed E-state index contributed by atoms with van der Waals surface area (Å²) in [6.07, 6.45) is 4.07. The van der Waals surface area contributed by atoms with Crippen LogP contribution in [0.1, 0.15) is 29.6 Å². The lowest BCUT2D eigenvalue weighted by Gasteiger charge is -2.22. The van der Waals surface area contributed by atoms with Gasteiger partial charge in [-0.05, 0) is 37.5 Å². The highest BCUT2D eigenvalue weighted by molar-refractivity contribution is 14.0. The van der Waals surface area contributed by atoms with Crippen molar-refractivity contribution in [3.05, 3.63) is 34.3 Å². The van der Waals surface area contributed by atoms with Gasteiger partial charge in [-0.3, -0.25) is 9.79 Å². The molecule has 0 saturated carbocycles. The minimum absolute atomic E-state index is 0. The standard InChI is InChI=1S/C17H23BrN4O2.HI/c1-19-17(22-14-10-13-5-6-15(14)24-13)21-8-7-20-16(23)11-3-2-4-12(18)9-11;/h2-4,9,13-15H,5-8,10H2,1H3,(H,20,23)(H2,19,21,22);1H. The van der Waals surface area contributed by atoms with Gasteiger partial charge in [0.2, 0.25) is 0 Å². The van der Waals surface area contributed by atoms with Gasteiger partial charge in [0.15, 0.2) is 5.96 Å². The summed E-state index contributed by atoms with van der Waals surface area (Å²) in [6, 6.07) is 7.68. The van der Waals surface area contributed by atoms with Gasteiger partial charge in [0.25, 0.3) is 5.91 Å². The highest BCUT2D eigenvalue weighted by Crippen LogP contribution is 2.34. The van der Waals surface area contributed by atoms with Gasteiger partial charge in [-0.25, -0.2) is 0 Å². The predicted molar refractivity (Wildman–Crippen MR) is 113 cm³/mol. The molecule has 6 nitrogen and oxygen atoms in total. The van der Waals surface area contributed by atoms with Crippen LogP contribution in [-0.4, -0.2) is 50.3 Å². The van der Waals surface area contributed by atoms with Crippen LogP contribution in [0.25, 0.3) is 0 Å². The van der Waals surface area contributed by atoms with E-state index in [0.717, 1.165) is 23.3 Å². The molecule has 2 saturated heterocycles. The highest BCUT2D eigenvalue weighted by Gasteiger charge is 2.41. The van der Waals surface area contributed by atoms with Gasteiger partial charge in [-0.1, -0.05) is 22.0 Å². The van der Waals surface area contributed by atoms with E-state index in [-0.39, 0.29) is 29.9 Å². The first-order chi connectivity index (χ1) is 11.7. The van der Waals surface area contributed by atoms with Crippen molar-refractivity contribution in [3.8, 4) is 0 Å². The number of halogens is 2. The molecule has 3 N–H and O–H groups in total. The number of nitrogens with one attached hydrogen (secondary N) is 3. The van der Waals surface area contributed by atoms with Gasteiger partial charge < -0.3 is 20.7 Å². The number of ether oxygens (including phenoxy) is 1. The number of fused-ring (bicyclic) bond motifs is 2. The fourth-order valence-electron chi connectivity index (χ4n) is 3.25. The van der Waals surface area contributed by atoms with E-state index in [9.17, 15) is 4.79 Å². The van der Waals surface area contributed by atoms with Crippen LogP contribution in [0.2, 0.25) is 0 Å². The highest BCUT2D eigenvalue weighted by atomic mass is 127. The lowest BCUT2D eigenvalue weighted by Crippen LogP contribution is -2.48. The Kier molecular flexibility index (Phi) is 7.95. The van der Waals surface area contributed by atoms with Crippen LogP contribution >= 0.6 is 39.9 Å². The number of amides is 1. The average molecular weight is 523 g/mol. The maximum Gasteiger partial charge on any atom is 0.251 e. The Bertz CT molecular complexity index is 628. The van der Waals surface area contributed by atoms with Gasteiger partial charge in [-0.15, -0.1) is 24.0 Å². The molecule has 3 unspecified atom stereocenters. The molecule has 25 heavy (non-hydrogen) atoms. The summed E-state index contributed by atoms with van der Waals surface area (Å²) in [5.74, 6) is 0.676. The van der Waals surface area contributed by atoms with E-state index in [4.69, 9.17) is 4.74 Å². The molecule has 0 aliphatic carbocycles. The Labute approximate surface area is 173 Å². The van der Waals surface area contributed by atoms with Crippen molar-refractivity contribution in [1.82, 2.24) is 16.0 Å². The SMILES string of the molecule is CN=C(NCCNC(=O)c1cccc(Br)c1)NC1CC2CCC1O2.I. The third kappa shape index (κ3) is 5.55. The largest absolute Gasteiger partial charge is 0.373 e. The Hall–Kier alpha value is -0.870. The normalized spacial score (nSPS) is 24.6. The van der Waals surface area contributed by atoms with Crippen molar-refractivity contribution >= 4 is 51.8 Å². The number of carbonyl (C=O) groups is 1. The summed E-state index contributed by atoms with van der Waals surface area (Å²) >= 11 is 3.37. The van der Waals surface area contributed by atoms with Crippen LogP contribution in [0.4, 0.5) is 0 Å². The molecule has 2 heterocycles. The first-order valence-electron chi connectivity index (χ1n) is 8.32. The van der Waals surface area contributed by atoms with E-state index in [2.05, 4.69) is 36.9 Å². The Morgan fingerprint density at radius 2 is 2.12 bits per heavy atom. The Balaban J connectivity index is 0.00000225. The molecule has 0 spiro atoms. The topological polar surface area (TPSA) is 74.8 Å². The second-order valence-electron chi connectivity index (χ2n) is 6.13. The van der Waals surface area contributed by atoms with Crippen LogP contribution in [0.3, 0.4) is 0 Å². The number of rotatable bonds is 5. The van der Waals surface area contributed by atoms with Crippen LogP contribution < -0.4 is 16.0 Å². The molecular weight excluding hydrogens is 499 g/mol. The molecule has 1 aromatic rings. The maximum absolute atomic E-state index is 12.1. The van der Waals surface area contributed by atoms with Crippen LogP contribution in [0.5, 0.6) is 0 Å². The quantitative estimate of drug-likeness (QED) is 0.240. The molecule has 2 aliphatic heterocycles. The minimum atomic E-state index is -0.0810. The van der Waals surface area contributed by atoms with E-state index in [1.807, 2.05) is 12.1 Å². The number of carbonyl (C=O) groups excluding carboxylic acids is 1. The lowest BCUT2D eigenvalue weighted by atomic mass is 9.96. The number of guanidine groups is 1. The zero-order valence-electron chi connectivity index (χ0n) is 14.1. The van der Waals surface area contributed by atoms with Gasteiger partial charge in [0, 0.05) is 30.2 Å². The summed E-state index contributed by atoms with van der Waals surface area (Å²) < 4.78 is 6.73. The van der Waals surface area contributed by atoms with E-state index >= 15 is 0 Å². The van der Waals surface area contributed by atoms with Crippen molar-refractivity contribution in [2.45, 2.75) is 37.5 Å². The minimum Gasteiger partial charge on any atom is -0.373 e. The molecule has 2 fully saturated rings. The molecule has 2 bridgehead atoms. The lowest BCUT2D eigenvalue weighted by molar-refractivity contribution is 0.0954. The van der Waals surface area contributed by atoms with Gasteiger partial charge in [-0.2, -0.15) is 0 Å². The Morgan fingerprint density at radius 1 is 1.32 bits per heavy atom. The van der Waals surface area contributed by atoms with E-state index in [0.29, 0.717) is 36.9 Å². The number of hydrogen-bond acceptors (Lipinski definition) is 3. The van der Waals surface area contributed by atoms with Crippen molar-refractivity contribution in [1.29, 1.82) is 0 Å². The summed E-state index contributed by atoms with van der Waals surface area (Å²) in [6.45, 7) is 1.14. The fourth-order valence-corrected chi connectivity index (χ4v) is 3.65. The second-order valence-corrected chi connectivity index (χ2v) is 7.04. The molecule has 3 rings (SSSR count). The predicted octanol–water partition coefficient (Wildman–Crippen LogP) is 2.28. The first-order valence-corrected chi connectivity index (χ1v) is 9.11. The smallest absolute Gasteiger partial charge is 0.251 e. The maximum atomic E-state index is 12.1. The van der Waals surface area contributed by atoms with Crippen molar-refractivity contribution in [2.75, 3.05) is 20.1 Å². The molecule has 1 amide bonds. The molecule has 138 valence electrons. The average Bonchev–Trinajstić information content (AvgIpc) is 3.20. The fraction of sp³-hybridized carbons (Fsp3) is 0.529. The van der Waals surface area contributed by atoms with E-state index in [1.165, 1.54) is 6.42 Å². The van der Waals surface area contributed by atoms with E-state index in [1.54, 1.807) is 19.2 Å². The Morgan fingerprint density at radius 3 is 2.76 bits per heavy atom. The zero-order valence-corrected chi connectivity index (χ0v) is 18.0. The van der Waals surface area contributed by atoms with Crippen LogP contribution in [0, 0.1) is 0 Å². The molecule has 2 aliphatic rings. The molecule has 0 aromatic heterocycles. The number of aliphatic imine (C=N–C) groups is 1. The van der Waals surface area contributed by atoms with Crippen molar-refractivity contribution < 1.29 is 9.53 Å². The summed E-state index contributed by atoms with van der Waals surface area (Å²) in [5, 5.41) is 9.55. The molecule has 3 atom stereocenters. The van der Waals surface area contributed by atoms with Crippen molar-refractivity contribution in [2.24, 2.45) is 4.99 Å². The van der Waals surface area contributed by atoms with E-state index < -0.39 is 0 Å². The third-order valence-corrected chi connectivity index (χ3v) is 4.93. The third-order valence-electron chi connectivity index (χ3n) is 4.44. The van der Waals surface area contributed by atoms with Crippen LogP contribution in [-0.2, 0) is 4.74 Å². The van der Waals surface area contributed by atoms with Crippen LogP contribution in [0.15, 0.2) is 33.7 Å². The monoisotopic (exact) mass is 522 g/mol. The zero-order chi connectivity index (χ0) is 16.9. The summed E-state index contributed by atoms with van der Waals surface area (Å²) in [4.78, 5) is 16.3. The number of nitrogens with zero attached hydrogens (tertiary/aromatic N) is 1. The molecular formula is C17H24BrIN4O2. The second kappa shape index (κ2) is 9.72. The summed E-state index contributed by atoms with van der Waals surface area (Å²) in [5.41, 5.74) is 0.644. The number of hydrogen-bond donors (Lipinski definition) is 3. The van der Waals surface area contributed by atoms with Crippen molar-refractivity contribution in [3.63, 3.8) is 0 Å². The van der Waals surface area contributed by atoms with Gasteiger partial charge >= 0.3 is 0 Å². The molecule has 0 radical (unpaired) electrons. The molecule has 1 aromatic carbocycles. The van der Waals surface area contributed by atoms with Gasteiger partial charge in [0.05, 0.1) is 18.2 Å². The molecule has 8 heteroatoms. The first kappa shape index (κ1) is 20.4. The van der Waals surface area contributed by atoms with Gasteiger partial charge in [0.1, 0.15) is 0 Å². The summed E-state index contributed by atoms with van der Waals surface area (Å²) in [7, 11) is 1.75.